The van der Waals surface area contributed by atoms with Gasteiger partial charge in [-0.3, -0.25) is 5.32 Å². The maximum atomic E-state index is 14.1. The molecule has 1 unspecified atom stereocenters. The fourth-order valence-corrected chi connectivity index (χ4v) is 2.25. The lowest BCUT2D eigenvalue weighted by atomic mass is 10.0. The van der Waals surface area contributed by atoms with E-state index >= 15 is 0 Å². The molecule has 1 fully saturated rings. The van der Waals surface area contributed by atoms with Crippen LogP contribution in [0.2, 0.25) is 0 Å². The highest BCUT2D eigenvalue weighted by Gasteiger charge is 2.32. The number of benzene rings is 1. The summed E-state index contributed by atoms with van der Waals surface area (Å²) in [5, 5.41) is 3.29. The van der Waals surface area contributed by atoms with E-state index in [4.69, 9.17) is 4.74 Å². The van der Waals surface area contributed by atoms with Gasteiger partial charge in [0.2, 0.25) is 0 Å². The fraction of sp³-hybridized carbons (Fsp3) is 0.500. The molecule has 0 bridgehead atoms. The molecule has 1 N–H and O–H groups in total. The third-order valence-electron chi connectivity index (χ3n) is 3.32. The lowest BCUT2D eigenvalue weighted by molar-refractivity contribution is 0.0960. The molecule has 0 saturated carbocycles. The van der Waals surface area contributed by atoms with Gasteiger partial charge in [-0.05, 0) is 45.2 Å². The second kappa shape index (κ2) is 5.85. The molecule has 1 saturated heterocycles. The topological polar surface area (TPSA) is 21.3 Å². The molecule has 104 valence electrons. The van der Waals surface area contributed by atoms with Gasteiger partial charge >= 0.3 is 0 Å². The predicted octanol–water partition coefficient (Wildman–Crippen LogP) is 3.73. The van der Waals surface area contributed by atoms with E-state index < -0.39 is 0 Å². The van der Waals surface area contributed by atoms with E-state index in [-0.39, 0.29) is 17.6 Å². The van der Waals surface area contributed by atoms with Crippen molar-refractivity contribution in [2.45, 2.75) is 45.4 Å². The third kappa shape index (κ3) is 3.64. The Balaban J connectivity index is 2.07. The van der Waals surface area contributed by atoms with Gasteiger partial charge in [-0.1, -0.05) is 24.3 Å². The van der Waals surface area contributed by atoms with Crippen LogP contribution in [-0.4, -0.2) is 12.1 Å². The molecule has 1 aromatic carbocycles. The molecule has 0 aromatic heterocycles. The SMILES string of the molecule is C/C=C/CCc1ccc(C2NC(C)(C)CO2)c(F)c1. The first-order valence-electron chi connectivity index (χ1n) is 6.80. The van der Waals surface area contributed by atoms with Gasteiger partial charge in [-0.25, -0.2) is 4.39 Å². The number of nitrogens with one attached hydrogen (secondary N) is 1. The van der Waals surface area contributed by atoms with Crippen LogP contribution in [0.5, 0.6) is 0 Å². The Morgan fingerprint density at radius 1 is 1.47 bits per heavy atom. The molecule has 1 heterocycles. The first-order valence-corrected chi connectivity index (χ1v) is 6.80. The average Bonchev–Trinajstić information content (AvgIpc) is 2.70. The van der Waals surface area contributed by atoms with Crippen LogP contribution < -0.4 is 5.32 Å². The molecule has 1 aromatic rings. The van der Waals surface area contributed by atoms with E-state index in [0.29, 0.717) is 12.2 Å². The van der Waals surface area contributed by atoms with Crippen molar-refractivity contribution in [1.82, 2.24) is 5.32 Å². The van der Waals surface area contributed by atoms with Crippen LogP contribution in [0.3, 0.4) is 0 Å². The highest BCUT2D eigenvalue weighted by molar-refractivity contribution is 5.27. The van der Waals surface area contributed by atoms with Gasteiger partial charge in [0, 0.05) is 11.1 Å². The van der Waals surface area contributed by atoms with Crippen molar-refractivity contribution >= 4 is 0 Å². The summed E-state index contributed by atoms with van der Waals surface area (Å²) in [7, 11) is 0. The zero-order valence-corrected chi connectivity index (χ0v) is 11.9. The van der Waals surface area contributed by atoms with Crippen LogP contribution in [-0.2, 0) is 11.2 Å². The summed E-state index contributed by atoms with van der Waals surface area (Å²) < 4.78 is 19.7. The minimum Gasteiger partial charge on any atom is -0.357 e. The molecule has 0 aliphatic carbocycles. The molecular weight excluding hydrogens is 241 g/mol. The summed E-state index contributed by atoms with van der Waals surface area (Å²) in [4.78, 5) is 0. The highest BCUT2D eigenvalue weighted by atomic mass is 19.1. The Bertz CT molecular complexity index is 468. The van der Waals surface area contributed by atoms with Gasteiger partial charge < -0.3 is 4.74 Å². The Labute approximate surface area is 114 Å². The Morgan fingerprint density at radius 3 is 2.84 bits per heavy atom. The second-order valence-corrected chi connectivity index (χ2v) is 5.68. The number of rotatable bonds is 4. The van der Waals surface area contributed by atoms with Gasteiger partial charge in [0.05, 0.1) is 6.61 Å². The summed E-state index contributed by atoms with van der Waals surface area (Å²) in [6.45, 7) is 6.70. The van der Waals surface area contributed by atoms with Gasteiger partial charge in [-0.2, -0.15) is 0 Å². The zero-order chi connectivity index (χ0) is 13.9. The minimum absolute atomic E-state index is 0.0955. The summed E-state index contributed by atoms with van der Waals surface area (Å²) in [6, 6.07) is 5.44. The van der Waals surface area contributed by atoms with Crippen LogP contribution >= 0.6 is 0 Å². The van der Waals surface area contributed by atoms with Crippen molar-refractivity contribution in [3.63, 3.8) is 0 Å². The number of aryl methyl sites for hydroxylation is 1. The van der Waals surface area contributed by atoms with Gasteiger partial charge in [0.15, 0.2) is 0 Å². The van der Waals surface area contributed by atoms with Crippen molar-refractivity contribution in [2.24, 2.45) is 0 Å². The first-order chi connectivity index (χ1) is 9.02. The largest absolute Gasteiger partial charge is 0.357 e. The molecule has 1 atom stereocenters. The van der Waals surface area contributed by atoms with Gasteiger partial charge in [0.25, 0.3) is 0 Å². The molecule has 2 rings (SSSR count). The van der Waals surface area contributed by atoms with E-state index in [1.54, 1.807) is 6.07 Å². The number of ether oxygens (including phenoxy) is 1. The minimum atomic E-state index is -0.334. The lowest BCUT2D eigenvalue weighted by Gasteiger charge is -2.17. The normalized spacial score (nSPS) is 22.2. The Kier molecular flexibility index (Phi) is 4.38. The smallest absolute Gasteiger partial charge is 0.137 e. The van der Waals surface area contributed by atoms with Crippen LogP contribution in [0, 0.1) is 5.82 Å². The van der Waals surface area contributed by atoms with Crippen LogP contribution in [0.1, 0.15) is 44.5 Å². The fourth-order valence-electron chi connectivity index (χ4n) is 2.25. The first kappa shape index (κ1) is 14.2. The van der Waals surface area contributed by atoms with E-state index in [0.717, 1.165) is 18.4 Å². The molecule has 1 aliphatic rings. The molecule has 0 amide bonds. The van der Waals surface area contributed by atoms with E-state index in [2.05, 4.69) is 25.2 Å². The average molecular weight is 263 g/mol. The zero-order valence-electron chi connectivity index (χ0n) is 11.9. The third-order valence-corrected chi connectivity index (χ3v) is 3.32. The lowest BCUT2D eigenvalue weighted by Crippen LogP contribution is -2.36. The maximum Gasteiger partial charge on any atom is 0.137 e. The molecule has 19 heavy (non-hydrogen) atoms. The highest BCUT2D eigenvalue weighted by Crippen LogP contribution is 2.28. The molecule has 0 radical (unpaired) electrons. The Hall–Kier alpha value is -1.19. The molecule has 2 nitrogen and oxygen atoms in total. The second-order valence-electron chi connectivity index (χ2n) is 5.68. The monoisotopic (exact) mass is 263 g/mol. The van der Waals surface area contributed by atoms with E-state index in [1.165, 1.54) is 0 Å². The summed E-state index contributed by atoms with van der Waals surface area (Å²) >= 11 is 0. The molecule has 0 spiro atoms. The number of allylic oxidation sites excluding steroid dienone is 2. The van der Waals surface area contributed by atoms with Crippen LogP contribution in [0.4, 0.5) is 4.39 Å². The van der Waals surface area contributed by atoms with Gasteiger partial charge in [0.1, 0.15) is 12.0 Å². The van der Waals surface area contributed by atoms with Crippen molar-refractivity contribution in [3.05, 3.63) is 47.3 Å². The maximum absolute atomic E-state index is 14.1. The standard InChI is InChI=1S/C16H22FNO/c1-4-5-6-7-12-8-9-13(14(17)10-12)15-18-16(2,3)11-19-15/h4-5,8-10,15,18H,6-7,11H2,1-3H3/b5-4+. The number of halogens is 1. The summed E-state index contributed by atoms with van der Waals surface area (Å²) in [5.74, 6) is -0.187. The van der Waals surface area contributed by atoms with Crippen LogP contribution in [0.15, 0.2) is 30.4 Å². The van der Waals surface area contributed by atoms with E-state index in [9.17, 15) is 4.39 Å². The van der Waals surface area contributed by atoms with Crippen molar-refractivity contribution in [3.8, 4) is 0 Å². The van der Waals surface area contributed by atoms with Crippen LogP contribution in [0.25, 0.3) is 0 Å². The number of hydrogen-bond donors (Lipinski definition) is 1. The van der Waals surface area contributed by atoms with Crippen molar-refractivity contribution < 1.29 is 9.13 Å². The number of hydrogen-bond acceptors (Lipinski definition) is 2. The quantitative estimate of drug-likeness (QED) is 0.836. The Morgan fingerprint density at radius 2 is 2.26 bits per heavy atom. The molecular formula is C16H22FNO. The summed E-state index contributed by atoms with van der Waals surface area (Å²) in [6.07, 6.45) is 5.59. The van der Waals surface area contributed by atoms with Gasteiger partial charge in [-0.15, -0.1) is 0 Å². The van der Waals surface area contributed by atoms with Crippen molar-refractivity contribution in [2.75, 3.05) is 6.61 Å². The molecule has 1 aliphatic heterocycles. The summed E-state index contributed by atoms with van der Waals surface area (Å²) in [5.41, 5.74) is 1.53. The van der Waals surface area contributed by atoms with E-state index in [1.807, 2.05) is 25.1 Å². The predicted molar refractivity (Wildman–Crippen MR) is 75.4 cm³/mol. The van der Waals surface area contributed by atoms with Crippen molar-refractivity contribution in [1.29, 1.82) is 0 Å². The molecule has 3 heteroatoms.